The Bertz CT molecular complexity index is 1050. The highest BCUT2D eigenvalue weighted by atomic mass is 35.5. The van der Waals surface area contributed by atoms with Crippen LogP contribution in [0.15, 0.2) is 35.7 Å². The Morgan fingerprint density at radius 1 is 1.46 bits per heavy atom. The zero-order valence-corrected chi connectivity index (χ0v) is 17.2. The first kappa shape index (κ1) is 20.4. The number of amides is 1. The van der Waals surface area contributed by atoms with E-state index in [4.69, 9.17) is 16.3 Å². The number of nitrogens with zero attached hydrogens (tertiary/aromatic N) is 4. The molecule has 0 saturated heterocycles. The number of aryl methyl sites for hydroxylation is 1. The number of aliphatic hydroxyl groups is 1. The van der Waals surface area contributed by atoms with E-state index in [-0.39, 0.29) is 12.2 Å². The molecule has 2 heterocycles. The van der Waals surface area contributed by atoms with Crippen LogP contribution in [-0.4, -0.2) is 38.3 Å². The van der Waals surface area contributed by atoms with Gasteiger partial charge in [0.25, 0.3) is 5.91 Å². The monoisotopic (exact) mass is 420 g/mol. The molecule has 2 aromatic heterocycles. The summed E-state index contributed by atoms with van der Waals surface area (Å²) in [4.78, 5) is 26.9. The SMILES string of the molecule is CCCCn1/c(=N/C(=O)c2cc(Cl)ccc2OC[C@H](C)O)sc2ncncc21. The number of hydrogen-bond acceptors (Lipinski definition) is 6. The molecule has 7 nitrogen and oxygen atoms in total. The molecule has 0 radical (unpaired) electrons. The van der Waals surface area contributed by atoms with Crippen LogP contribution in [0.5, 0.6) is 5.75 Å². The molecule has 9 heteroatoms. The van der Waals surface area contributed by atoms with Gasteiger partial charge < -0.3 is 14.4 Å². The first-order valence-corrected chi connectivity index (χ1v) is 10.2. The van der Waals surface area contributed by atoms with Gasteiger partial charge in [-0.1, -0.05) is 36.3 Å². The fourth-order valence-corrected chi connectivity index (χ4v) is 3.73. The van der Waals surface area contributed by atoms with Crippen molar-refractivity contribution in [3.8, 4) is 5.75 Å². The summed E-state index contributed by atoms with van der Waals surface area (Å²) in [6.07, 6.45) is 4.51. The second-order valence-corrected chi connectivity index (χ2v) is 7.71. The number of unbranched alkanes of at least 4 members (excludes halogenated alkanes) is 1. The maximum atomic E-state index is 12.9. The van der Waals surface area contributed by atoms with Gasteiger partial charge >= 0.3 is 0 Å². The number of rotatable bonds is 7. The fourth-order valence-electron chi connectivity index (χ4n) is 2.59. The van der Waals surface area contributed by atoms with Gasteiger partial charge in [0, 0.05) is 11.6 Å². The van der Waals surface area contributed by atoms with Crippen LogP contribution in [0.3, 0.4) is 0 Å². The lowest BCUT2D eigenvalue weighted by Gasteiger charge is -2.11. The fraction of sp³-hybridized carbons (Fsp3) is 0.368. The summed E-state index contributed by atoms with van der Waals surface area (Å²) in [6, 6.07) is 4.76. The highest BCUT2D eigenvalue weighted by Crippen LogP contribution is 2.24. The molecular weight excluding hydrogens is 400 g/mol. The molecule has 0 bridgehead atoms. The average Bonchev–Trinajstić information content (AvgIpc) is 3.02. The van der Waals surface area contributed by atoms with E-state index in [9.17, 15) is 9.90 Å². The molecule has 3 rings (SSSR count). The summed E-state index contributed by atoms with van der Waals surface area (Å²) in [5, 5.41) is 9.86. The number of carbonyl (C=O) groups is 1. The molecule has 28 heavy (non-hydrogen) atoms. The molecular formula is C19H21ClN4O3S. The highest BCUT2D eigenvalue weighted by molar-refractivity contribution is 7.15. The predicted molar refractivity (Wildman–Crippen MR) is 109 cm³/mol. The van der Waals surface area contributed by atoms with E-state index in [2.05, 4.69) is 21.9 Å². The summed E-state index contributed by atoms with van der Waals surface area (Å²) >= 11 is 7.41. The van der Waals surface area contributed by atoms with Crippen molar-refractivity contribution in [2.75, 3.05) is 6.61 Å². The number of fused-ring (bicyclic) bond motifs is 1. The number of aromatic nitrogens is 3. The molecule has 1 atom stereocenters. The van der Waals surface area contributed by atoms with E-state index < -0.39 is 12.0 Å². The number of halogens is 1. The zero-order valence-electron chi connectivity index (χ0n) is 15.6. The van der Waals surface area contributed by atoms with Crippen LogP contribution in [-0.2, 0) is 6.54 Å². The molecule has 148 valence electrons. The first-order valence-electron chi connectivity index (χ1n) is 8.98. The molecule has 1 amide bonds. The lowest BCUT2D eigenvalue weighted by atomic mass is 10.2. The van der Waals surface area contributed by atoms with Gasteiger partial charge in [0.2, 0.25) is 0 Å². The van der Waals surface area contributed by atoms with E-state index in [0.717, 1.165) is 29.7 Å². The van der Waals surface area contributed by atoms with Crippen molar-refractivity contribution in [1.29, 1.82) is 0 Å². The van der Waals surface area contributed by atoms with Crippen LogP contribution in [0.4, 0.5) is 0 Å². The van der Waals surface area contributed by atoms with Crippen molar-refractivity contribution in [3.63, 3.8) is 0 Å². The minimum Gasteiger partial charge on any atom is -0.490 e. The topological polar surface area (TPSA) is 89.6 Å². The van der Waals surface area contributed by atoms with Gasteiger partial charge in [-0.15, -0.1) is 0 Å². The van der Waals surface area contributed by atoms with Crippen molar-refractivity contribution in [1.82, 2.24) is 14.5 Å². The Balaban J connectivity index is 2.04. The molecule has 0 saturated carbocycles. The summed E-state index contributed by atoms with van der Waals surface area (Å²) in [5.74, 6) is -0.132. The van der Waals surface area contributed by atoms with Crippen molar-refractivity contribution in [2.45, 2.75) is 39.3 Å². The second-order valence-electron chi connectivity index (χ2n) is 6.32. The Labute approximate surface area is 171 Å². The van der Waals surface area contributed by atoms with Gasteiger partial charge in [-0.05, 0) is 31.5 Å². The van der Waals surface area contributed by atoms with Crippen LogP contribution in [0, 0.1) is 0 Å². The van der Waals surface area contributed by atoms with Gasteiger partial charge in [0.05, 0.1) is 23.4 Å². The van der Waals surface area contributed by atoms with Gasteiger partial charge in [0.1, 0.15) is 23.5 Å². The van der Waals surface area contributed by atoms with E-state index in [0.29, 0.717) is 15.6 Å². The van der Waals surface area contributed by atoms with Crippen molar-refractivity contribution in [3.05, 3.63) is 46.1 Å². The van der Waals surface area contributed by atoms with E-state index in [1.165, 1.54) is 23.7 Å². The van der Waals surface area contributed by atoms with Crippen molar-refractivity contribution >= 4 is 39.2 Å². The van der Waals surface area contributed by atoms with Crippen molar-refractivity contribution < 1.29 is 14.6 Å². The quantitative estimate of drug-likeness (QED) is 0.632. The molecule has 0 unspecified atom stereocenters. The number of thiazole rings is 1. The molecule has 0 fully saturated rings. The number of hydrogen-bond donors (Lipinski definition) is 1. The molecule has 0 aliphatic carbocycles. The Morgan fingerprint density at radius 2 is 2.29 bits per heavy atom. The average molecular weight is 421 g/mol. The molecule has 0 aliphatic rings. The minimum atomic E-state index is -0.659. The summed E-state index contributed by atoms with van der Waals surface area (Å²) in [7, 11) is 0. The minimum absolute atomic E-state index is 0.0664. The highest BCUT2D eigenvalue weighted by Gasteiger charge is 2.15. The standard InChI is InChI=1S/C19H21ClN4O3S/c1-3-4-7-24-15-9-21-11-22-18(15)28-19(24)23-17(26)14-8-13(20)5-6-16(14)27-10-12(2)25/h5-6,8-9,11-12,25H,3-4,7,10H2,1-2H3/b23-19-/t12-/m0/s1. The van der Waals surface area contributed by atoms with Crippen LogP contribution in [0.2, 0.25) is 5.02 Å². The third kappa shape index (κ3) is 4.76. The number of ether oxygens (including phenoxy) is 1. The molecule has 0 spiro atoms. The molecule has 1 N–H and O–H groups in total. The lowest BCUT2D eigenvalue weighted by molar-refractivity contribution is 0.0981. The van der Waals surface area contributed by atoms with Gasteiger partial charge in [-0.3, -0.25) is 4.79 Å². The Hall–Kier alpha value is -2.29. The predicted octanol–water partition coefficient (Wildman–Crippen LogP) is 3.45. The summed E-state index contributed by atoms with van der Waals surface area (Å²) in [6.45, 7) is 4.50. The molecule has 0 aliphatic heterocycles. The number of benzene rings is 1. The third-order valence-electron chi connectivity index (χ3n) is 3.95. The van der Waals surface area contributed by atoms with E-state index in [1.807, 2.05) is 4.57 Å². The maximum absolute atomic E-state index is 12.9. The maximum Gasteiger partial charge on any atom is 0.283 e. The smallest absolute Gasteiger partial charge is 0.283 e. The summed E-state index contributed by atoms with van der Waals surface area (Å²) < 4.78 is 7.51. The first-order chi connectivity index (χ1) is 13.5. The van der Waals surface area contributed by atoms with Gasteiger partial charge in [-0.2, -0.15) is 4.99 Å². The third-order valence-corrected chi connectivity index (χ3v) is 5.19. The van der Waals surface area contributed by atoms with Gasteiger partial charge in [-0.25, -0.2) is 9.97 Å². The van der Waals surface area contributed by atoms with Crippen molar-refractivity contribution in [2.24, 2.45) is 4.99 Å². The van der Waals surface area contributed by atoms with E-state index in [1.54, 1.807) is 25.3 Å². The molecule has 3 aromatic rings. The normalized spacial score (nSPS) is 13.1. The summed E-state index contributed by atoms with van der Waals surface area (Å²) in [5.41, 5.74) is 1.10. The second kappa shape index (κ2) is 9.27. The number of aliphatic hydroxyl groups excluding tert-OH is 1. The lowest BCUT2D eigenvalue weighted by Crippen LogP contribution is -2.18. The van der Waals surface area contributed by atoms with E-state index >= 15 is 0 Å². The Morgan fingerprint density at radius 3 is 3.04 bits per heavy atom. The zero-order chi connectivity index (χ0) is 20.1. The Kier molecular flexibility index (Phi) is 6.77. The largest absolute Gasteiger partial charge is 0.490 e. The van der Waals surface area contributed by atoms with Crippen LogP contribution >= 0.6 is 22.9 Å². The van der Waals surface area contributed by atoms with Crippen LogP contribution in [0.25, 0.3) is 10.3 Å². The van der Waals surface area contributed by atoms with Gasteiger partial charge in [0.15, 0.2) is 4.80 Å². The molecule has 1 aromatic carbocycles. The van der Waals surface area contributed by atoms with Crippen LogP contribution < -0.4 is 9.54 Å². The number of carbonyl (C=O) groups excluding carboxylic acids is 1. The van der Waals surface area contributed by atoms with Crippen LogP contribution in [0.1, 0.15) is 37.0 Å².